The average molecular weight is 365 g/mol. The van der Waals surface area contributed by atoms with E-state index >= 15 is 0 Å². The topological polar surface area (TPSA) is 38.1 Å². The minimum absolute atomic E-state index is 0.704. The third kappa shape index (κ3) is 3.59. The Morgan fingerprint density at radius 2 is 1.70 bits per heavy atom. The Morgan fingerprint density at radius 1 is 1.00 bits per heavy atom. The maximum atomic E-state index is 5.78. The molecule has 0 unspecified atom stereocenters. The van der Waals surface area contributed by atoms with Gasteiger partial charge in [0.25, 0.3) is 0 Å². The quantitative estimate of drug-likeness (QED) is 0.695. The molecule has 3 heteroatoms. The molecule has 1 aromatic heterocycles. The van der Waals surface area contributed by atoms with E-state index in [2.05, 4.69) is 36.5 Å². The van der Waals surface area contributed by atoms with E-state index in [1.54, 1.807) is 0 Å². The van der Waals surface area contributed by atoms with Crippen LogP contribution >= 0.6 is 0 Å². The fourth-order valence-electron chi connectivity index (χ4n) is 6.20. The van der Waals surface area contributed by atoms with Gasteiger partial charge in [-0.2, -0.15) is 0 Å². The van der Waals surface area contributed by atoms with Gasteiger partial charge >= 0.3 is 0 Å². The lowest BCUT2D eigenvalue weighted by Gasteiger charge is -2.54. The van der Waals surface area contributed by atoms with E-state index in [9.17, 15) is 0 Å². The van der Waals surface area contributed by atoms with Gasteiger partial charge in [-0.25, -0.2) is 4.98 Å². The summed E-state index contributed by atoms with van der Waals surface area (Å²) in [6, 6.07) is 9.41. The first kappa shape index (κ1) is 17.5. The van der Waals surface area contributed by atoms with Crippen molar-refractivity contribution < 1.29 is 4.42 Å². The highest BCUT2D eigenvalue weighted by atomic mass is 16.3. The molecule has 4 bridgehead atoms. The fraction of sp³-hybridized carbons (Fsp3) is 0.625. The zero-order chi connectivity index (χ0) is 18.2. The molecule has 0 spiro atoms. The highest BCUT2D eigenvalue weighted by Gasteiger charge is 2.47. The molecule has 144 valence electrons. The van der Waals surface area contributed by atoms with E-state index in [1.807, 2.05) is 6.26 Å². The second-order valence-corrected chi connectivity index (χ2v) is 9.28. The first-order valence-electron chi connectivity index (χ1n) is 11.1. The number of nitrogens with zero attached hydrogens (tertiary/aromatic N) is 1. The van der Waals surface area contributed by atoms with Gasteiger partial charge in [-0.1, -0.05) is 25.5 Å². The van der Waals surface area contributed by atoms with Crippen molar-refractivity contribution in [1.29, 1.82) is 0 Å². The number of nitrogens with one attached hydrogen (secondary N) is 1. The third-order valence-electron chi connectivity index (χ3n) is 7.32. The van der Waals surface area contributed by atoms with Crippen molar-refractivity contribution in [3.8, 4) is 11.5 Å². The second-order valence-electron chi connectivity index (χ2n) is 9.28. The number of aryl methyl sites for hydroxylation is 1. The normalized spacial score (nSPS) is 31.5. The Bertz CT molecular complexity index is 735. The molecule has 1 N–H and O–H groups in total. The summed E-state index contributed by atoms with van der Waals surface area (Å²) in [7, 11) is 0. The maximum Gasteiger partial charge on any atom is 0.226 e. The summed E-state index contributed by atoms with van der Waals surface area (Å²) in [5.41, 5.74) is 3.51. The predicted molar refractivity (Wildman–Crippen MR) is 108 cm³/mol. The van der Waals surface area contributed by atoms with Crippen LogP contribution in [0.1, 0.15) is 63.1 Å². The van der Waals surface area contributed by atoms with Gasteiger partial charge in [0, 0.05) is 18.2 Å². The minimum atomic E-state index is 0.704. The largest absolute Gasteiger partial charge is 0.444 e. The molecule has 0 aliphatic heterocycles. The molecule has 4 fully saturated rings. The van der Waals surface area contributed by atoms with E-state index in [0.717, 1.165) is 53.8 Å². The van der Waals surface area contributed by atoms with Crippen molar-refractivity contribution in [3.05, 3.63) is 41.8 Å². The minimum Gasteiger partial charge on any atom is -0.444 e. The number of hydrogen-bond donors (Lipinski definition) is 1. The Kier molecular flexibility index (Phi) is 4.81. The van der Waals surface area contributed by atoms with Gasteiger partial charge in [0.1, 0.15) is 6.26 Å². The van der Waals surface area contributed by atoms with Crippen molar-refractivity contribution >= 4 is 0 Å². The van der Waals surface area contributed by atoms with Gasteiger partial charge in [-0.15, -0.1) is 0 Å². The van der Waals surface area contributed by atoms with Crippen molar-refractivity contribution in [2.45, 2.75) is 70.9 Å². The molecule has 4 saturated carbocycles. The van der Waals surface area contributed by atoms with Crippen LogP contribution in [0.15, 0.2) is 34.9 Å². The Balaban J connectivity index is 1.20. The van der Waals surface area contributed by atoms with E-state index < -0.39 is 0 Å². The van der Waals surface area contributed by atoms with E-state index in [4.69, 9.17) is 9.40 Å². The SMILES string of the molecule is CCCCc1ccc(-c2nc(CNC3C4CC5CC(C4)CC3C5)co2)cc1. The van der Waals surface area contributed by atoms with Gasteiger partial charge < -0.3 is 9.73 Å². The molecule has 1 aromatic carbocycles. The predicted octanol–water partition coefficient (Wildman–Crippen LogP) is 5.60. The molecular weight excluding hydrogens is 332 g/mol. The molecule has 4 aliphatic rings. The lowest BCUT2D eigenvalue weighted by Crippen LogP contribution is -2.54. The van der Waals surface area contributed by atoms with Gasteiger partial charge in [0.15, 0.2) is 0 Å². The molecule has 27 heavy (non-hydrogen) atoms. The van der Waals surface area contributed by atoms with Crippen molar-refractivity contribution in [2.24, 2.45) is 23.7 Å². The van der Waals surface area contributed by atoms with Crippen LogP contribution in [-0.2, 0) is 13.0 Å². The summed E-state index contributed by atoms with van der Waals surface area (Å²) < 4.78 is 5.78. The summed E-state index contributed by atoms with van der Waals surface area (Å²) in [5, 5.41) is 3.86. The van der Waals surface area contributed by atoms with E-state index in [0.29, 0.717) is 6.04 Å². The highest BCUT2D eigenvalue weighted by Crippen LogP contribution is 2.53. The second kappa shape index (κ2) is 7.43. The van der Waals surface area contributed by atoms with Crippen LogP contribution in [0.5, 0.6) is 0 Å². The first-order valence-corrected chi connectivity index (χ1v) is 11.1. The van der Waals surface area contributed by atoms with Crippen LogP contribution in [-0.4, -0.2) is 11.0 Å². The maximum absolute atomic E-state index is 5.78. The zero-order valence-electron chi connectivity index (χ0n) is 16.5. The molecule has 6 rings (SSSR count). The lowest BCUT2D eigenvalue weighted by molar-refractivity contribution is -0.0143. The van der Waals surface area contributed by atoms with Gasteiger partial charge in [0.05, 0.1) is 5.69 Å². The fourth-order valence-corrected chi connectivity index (χ4v) is 6.20. The molecule has 0 radical (unpaired) electrons. The van der Waals surface area contributed by atoms with Crippen LogP contribution in [0.25, 0.3) is 11.5 Å². The molecule has 0 amide bonds. The standard InChI is InChI=1S/C24H32N2O/c1-2-3-4-16-5-7-19(8-6-16)24-26-22(15-27-24)14-25-23-20-10-17-9-18(12-20)13-21(23)11-17/h5-8,15,17-18,20-21,23,25H,2-4,9-14H2,1H3. The average Bonchev–Trinajstić information content (AvgIpc) is 3.15. The van der Waals surface area contributed by atoms with Crippen molar-refractivity contribution in [2.75, 3.05) is 0 Å². The summed E-state index contributed by atoms with van der Waals surface area (Å²) in [4.78, 5) is 4.75. The summed E-state index contributed by atoms with van der Waals surface area (Å²) >= 11 is 0. The number of benzene rings is 1. The van der Waals surface area contributed by atoms with Crippen LogP contribution in [0, 0.1) is 23.7 Å². The molecule has 0 saturated heterocycles. The van der Waals surface area contributed by atoms with Crippen LogP contribution in [0.2, 0.25) is 0 Å². The van der Waals surface area contributed by atoms with Crippen LogP contribution < -0.4 is 5.32 Å². The van der Waals surface area contributed by atoms with Crippen molar-refractivity contribution in [3.63, 3.8) is 0 Å². The summed E-state index contributed by atoms with van der Waals surface area (Å²) in [6.07, 6.45) is 12.8. The number of oxazole rings is 1. The smallest absolute Gasteiger partial charge is 0.226 e. The molecular formula is C24H32N2O. The van der Waals surface area contributed by atoms with Crippen LogP contribution in [0.4, 0.5) is 0 Å². The molecule has 3 nitrogen and oxygen atoms in total. The van der Waals surface area contributed by atoms with Crippen LogP contribution in [0.3, 0.4) is 0 Å². The van der Waals surface area contributed by atoms with Crippen molar-refractivity contribution in [1.82, 2.24) is 10.3 Å². The van der Waals surface area contributed by atoms with E-state index in [1.165, 1.54) is 50.5 Å². The first-order chi connectivity index (χ1) is 13.3. The highest BCUT2D eigenvalue weighted by molar-refractivity contribution is 5.53. The third-order valence-corrected chi connectivity index (χ3v) is 7.32. The summed E-state index contributed by atoms with van der Waals surface area (Å²) in [6.45, 7) is 3.07. The molecule has 0 atom stereocenters. The number of aromatic nitrogens is 1. The van der Waals surface area contributed by atoms with Gasteiger partial charge in [-0.3, -0.25) is 0 Å². The Labute approximate surface area is 163 Å². The molecule has 4 aliphatic carbocycles. The number of hydrogen-bond acceptors (Lipinski definition) is 3. The number of unbranched alkanes of at least 4 members (excludes halogenated alkanes) is 1. The Hall–Kier alpha value is -1.61. The Morgan fingerprint density at radius 3 is 2.37 bits per heavy atom. The number of rotatable bonds is 7. The lowest BCUT2D eigenvalue weighted by atomic mass is 9.54. The zero-order valence-corrected chi connectivity index (χ0v) is 16.5. The molecule has 1 heterocycles. The van der Waals surface area contributed by atoms with Gasteiger partial charge in [0.2, 0.25) is 5.89 Å². The molecule has 2 aromatic rings. The van der Waals surface area contributed by atoms with E-state index in [-0.39, 0.29) is 0 Å². The monoisotopic (exact) mass is 364 g/mol. The summed E-state index contributed by atoms with van der Waals surface area (Å²) in [5.74, 6) is 4.62. The van der Waals surface area contributed by atoms with Gasteiger partial charge in [-0.05, 0) is 86.3 Å².